The average molecular weight is 468 g/mol. The monoisotopic (exact) mass is 467 g/mol. The first-order valence-electron chi connectivity index (χ1n) is 11.7. The van der Waals surface area contributed by atoms with Crippen LogP contribution in [0.25, 0.3) is 0 Å². The number of nitrogens with zero attached hydrogens (tertiary/aromatic N) is 1. The molecular formula is C27H49NOS2. The van der Waals surface area contributed by atoms with Crippen LogP contribution in [0.4, 0.5) is 0 Å². The summed E-state index contributed by atoms with van der Waals surface area (Å²) in [5, 5.41) is 11.2. The third-order valence-corrected chi connectivity index (χ3v) is 7.65. The van der Waals surface area contributed by atoms with Crippen molar-refractivity contribution in [1.82, 2.24) is 4.90 Å². The number of benzene rings is 1. The Bertz CT molecular complexity index is 680. The fourth-order valence-electron chi connectivity index (χ4n) is 3.29. The molecule has 0 spiro atoms. The minimum atomic E-state index is -0.0882. The minimum Gasteiger partial charge on any atom is -0.507 e. The quantitative estimate of drug-likeness (QED) is 0.420. The Morgan fingerprint density at radius 2 is 1.16 bits per heavy atom. The Hall–Kier alpha value is -0.320. The maximum atomic E-state index is 11.2. The number of thioether (sulfide) groups is 2. The molecule has 0 aliphatic rings. The third-order valence-electron chi connectivity index (χ3n) is 5.14. The Morgan fingerprint density at radius 1 is 0.710 bits per heavy atom. The second-order valence-electron chi connectivity index (χ2n) is 12.7. The Balaban J connectivity index is 3.19. The molecule has 0 bridgehead atoms. The van der Waals surface area contributed by atoms with Gasteiger partial charge in [-0.3, -0.25) is 4.90 Å². The van der Waals surface area contributed by atoms with Crippen LogP contribution < -0.4 is 0 Å². The molecule has 0 radical (unpaired) electrons. The summed E-state index contributed by atoms with van der Waals surface area (Å²) < 4.78 is 0.555. The largest absolute Gasteiger partial charge is 0.507 e. The first-order chi connectivity index (χ1) is 13.8. The van der Waals surface area contributed by atoms with Crippen LogP contribution in [-0.2, 0) is 17.4 Å². The molecular weight excluding hydrogens is 418 g/mol. The van der Waals surface area contributed by atoms with Crippen molar-refractivity contribution in [3.63, 3.8) is 0 Å². The van der Waals surface area contributed by atoms with Crippen LogP contribution in [0.3, 0.4) is 0 Å². The van der Waals surface area contributed by atoms with Crippen molar-refractivity contribution in [2.24, 2.45) is 0 Å². The summed E-state index contributed by atoms with van der Waals surface area (Å²) in [5.41, 5.74) is 3.40. The first-order valence-corrected chi connectivity index (χ1v) is 13.6. The van der Waals surface area contributed by atoms with Gasteiger partial charge in [-0.25, -0.2) is 0 Å². The van der Waals surface area contributed by atoms with Crippen LogP contribution in [0.1, 0.15) is 99.8 Å². The Morgan fingerprint density at radius 3 is 1.52 bits per heavy atom. The zero-order chi connectivity index (χ0) is 24.3. The number of phenolic OH excluding ortho intramolecular Hbond substituents is 1. The van der Waals surface area contributed by atoms with E-state index in [0.717, 1.165) is 42.3 Å². The molecule has 0 fully saturated rings. The SMILES string of the molecule is CC(C)(C)SCCN(CCSC(C)(C)C)Cc1cc(C(C)(C)C)cc(C(C)(C)C)c1O. The molecule has 4 heteroatoms. The fraction of sp³-hybridized carbons (Fsp3) is 0.778. The van der Waals surface area contributed by atoms with Crippen LogP contribution in [0.2, 0.25) is 0 Å². The summed E-state index contributed by atoms with van der Waals surface area (Å²) in [6.07, 6.45) is 0. The highest BCUT2D eigenvalue weighted by Crippen LogP contribution is 2.38. The van der Waals surface area contributed by atoms with Crippen molar-refractivity contribution in [3.8, 4) is 5.75 Å². The van der Waals surface area contributed by atoms with Crippen LogP contribution in [0.5, 0.6) is 5.75 Å². The standard InChI is InChI=1S/C27H49NOS2/c1-24(2,3)21-17-20(23(29)22(18-21)25(4,5)6)19-28(13-15-30-26(7,8)9)14-16-31-27(10,11)12/h17-18,29H,13-16,19H2,1-12H3. The van der Waals surface area contributed by atoms with E-state index in [9.17, 15) is 5.11 Å². The lowest BCUT2D eigenvalue weighted by atomic mass is 9.79. The molecule has 0 amide bonds. The summed E-state index contributed by atoms with van der Waals surface area (Å²) in [5.74, 6) is 2.70. The Kier molecular flexibility index (Phi) is 9.95. The highest BCUT2D eigenvalue weighted by molar-refractivity contribution is 8.00. The fourth-order valence-corrected chi connectivity index (χ4v) is 5.22. The number of hydrogen-bond donors (Lipinski definition) is 1. The van der Waals surface area contributed by atoms with Crippen LogP contribution in [-0.4, -0.2) is 44.1 Å². The highest BCUT2D eigenvalue weighted by Gasteiger charge is 2.26. The van der Waals surface area contributed by atoms with Crippen molar-refractivity contribution in [2.75, 3.05) is 24.6 Å². The number of hydrogen-bond acceptors (Lipinski definition) is 4. The van der Waals surface area contributed by atoms with Crippen LogP contribution in [0.15, 0.2) is 12.1 Å². The van der Waals surface area contributed by atoms with E-state index >= 15 is 0 Å². The number of rotatable bonds is 8. The predicted molar refractivity (Wildman–Crippen MR) is 145 cm³/mol. The molecule has 0 aromatic heterocycles. The topological polar surface area (TPSA) is 23.5 Å². The molecule has 0 unspecified atom stereocenters. The van der Waals surface area contributed by atoms with E-state index in [4.69, 9.17) is 0 Å². The summed E-state index contributed by atoms with van der Waals surface area (Å²) in [6, 6.07) is 4.46. The van der Waals surface area contributed by atoms with Gasteiger partial charge in [0.15, 0.2) is 0 Å². The van der Waals surface area contributed by atoms with Crippen molar-refractivity contribution in [2.45, 2.75) is 110 Å². The van der Waals surface area contributed by atoms with Gasteiger partial charge in [-0.15, -0.1) is 0 Å². The molecule has 0 atom stereocenters. The van der Waals surface area contributed by atoms with Gasteiger partial charge in [0, 0.05) is 46.2 Å². The van der Waals surface area contributed by atoms with E-state index in [0.29, 0.717) is 5.75 Å². The molecule has 1 N–H and O–H groups in total. The molecule has 31 heavy (non-hydrogen) atoms. The zero-order valence-electron chi connectivity index (χ0n) is 22.4. The normalized spacial score (nSPS) is 13.8. The van der Waals surface area contributed by atoms with Gasteiger partial charge in [-0.2, -0.15) is 23.5 Å². The van der Waals surface area contributed by atoms with Gasteiger partial charge in [0.2, 0.25) is 0 Å². The van der Waals surface area contributed by atoms with E-state index in [1.165, 1.54) is 5.56 Å². The lowest BCUT2D eigenvalue weighted by Crippen LogP contribution is -2.30. The van der Waals surface area contributed by atoms with Gasteiger partial charge in [-0.1, -0.05) is 95.2 Å². The van der Waals surface area contributed by atoms with Crippen molar-refractivity contribution >= 4 is 23.5 Å². The molecule has 1 aromatic rings. The highest BCUT2D eigenvalue weighted by atomic mass is 32.2. The van der Waals surface area contributed by atoms with Gasteiger partial charge in [0.1, 0.15) is 5.75 Å². The maximum Gasteiger partial charge on any atom is 0.123 e. The van der Waals surface area contributed by atoms with Crippen molar-refractivity contribution < 1.29 is 5.11 Å². The van der Waals surface area contributed by atoms with Gasteiger partial charge in [-0.05, 0) is 22.0 Å². The molecule has 0 heterocycles. The van der Waals surface area contributed by atoms with E-state index in [1.807, 2.05) is 23.5 Å². The zero-order valence-corrected chi connectivity index (χ0v) is 24.0. The predicted octanol–water partition coefficient (Wildman–Crippen LogP) is 7.85. The lowest BCUT2D eigenvalue weighted by Gasteiger charge is -2.30. The van der Waals surface area contributed by atoms with E-state index in [-0.39, 0.29) is 20.3 Å². The third kappa shape index (κ3) is 10.9. The minimum absolute atomic E-state index is 0.0530. The van der Waals surface area contributed by atoms with E-state index < -0.39 is 0 Å². The number of aromatic hydroxyl groups is 1. The second kappa shape index (κ2) is 10.7. The summed E-state index contributed by atoms with van der Waals surface area (Å²) in [7, 11) is 0. The van der Waals surface area contributed by atoms with Crippen LogP contribution in [0, 0.1) is 0 Å². The summed E-state index contributed by atoms with van der Waals surface area (Å²) >= 11 is 4.04. The van der Waals surface area contributed by atoms with E-state index in [2.05, 4.69) is 100 Å². The summed E-state index contributed by atoms with van der Waals surface area (Å²) in [6.45, 7) is 29.9. The maximum absolute atomic E-state index is 11.2. The van der Waals surface area contributed by atoms with Crippen molar-refractivity contribution in [1.29, 1.82) is 0 Å². The average Bonchev–Trinajstić information content (AvgIpc) is 2.51. The van der Waals surface area contributed by atoms with Gasteiger partial charge in [0.05, 0.1) is 0 Å². The number of phenols is 1. The van der Waals surface area contributed by atoms with Crippen molar-refractivity contribution in [3.05, 3.63) is 28.8 Å². The molecule has 0 aliphatic carbocycles. The lowest BCUT2D eigenvalue weighted by molar-refractivity contribution is 0.294. The molecule has 1 aromatic carbocycles. The first kappa shape index (κ1) is 28.7. The van der Waals surface area contributed by atoms with E-state index in [1.54, 1.807) is 0 Å². The molecule has 2 nitrogen and oxygen atoms in total. The van der Waals surface area contributed by atoms with Crippen LogP contribution >= 0.6 is 23.5 Å². The molecule has 0 saturated heterocycles. The Labute approximate surface area is 202 Å². The van der Waals surface area contributed by atoms with Gasteiger partial charge >= 0.3 is 0 Å². The molecule has 0 saturated carbocycles. The molecule has 180 valence electrons. The second-order valence-corrected chi connectivity index (χ2v) is 16.6. The van der Waals surface area contributed by atoms with Gasteiger partial charge in [0.25, 0.3) is 0 Å². The smallest absolute Gasteiger partial charge is 0.123 e. The summed E-state index contributed by atoms with van der Waals surface area (Å²) in [4.78, 5) is 2.53. The van der Waals surface area contributed by atoms with Gasteiger partial charge < -0.3 is 5.11 Å². The molecule has 1 rings (SSSR count). The molecule has 0 aliphatic heterocycles.